The number of imide groups is 1. The smallest absolute Gasteiger partial charge is 0.321 e. The molecule has 7 nitrogen and oxygen atoms in total. The zero-order valence-electron chi connectivity index (χ0n) is 18.6. The number of piperazine rings is 1. The monoisotopic (exact) mass is 425 g/mol. The van der Waals surface area contributed by atoms with E-state index < -0.39 is 0 Å². The molecule has 31 heavy (non-hydrogen) atoms. The molecule has 0 aromatic carbocycles. The van der Waals surface area contributed by atoms with Gasteiger partial charge in [-0.3, -0.25) is 24.9 Å². The van der Waals surface area contributed by atoms with Crippen LogP contribution in [0.5, 0.6) is 0 Å². The van der Waals surface area contributed by atoms with Gasteiger partial charge >= 0.3 is 6.03 Å². The van der Waals surface area contributed by atoms with Crippen molar-refractivity contribution in [1.29, 1.82) is 0 Å². The Labute approximate surface area is 185 Å². The summed E-state index contributed by atoms with van der Waals surface area (Å²) in [6, 6.07) is 5.39. The molecule has 6 rings (SSSR count). The summed E-state index contributed by atoms with van der Waals surface area (Å²) in [7, 11) is 0. The molecular weight excluding hydrogens is 390 g/mol. The fraction of sp³-hybridized carbons (Fsp3) is 0.708. The molecule has 0 radical (unpaired) electrons. The minimum Gasteiger partial charge on any atom is -0.332 e. The largest absolute Gasteiger partial charge is 0.332 e. The molecule has 0 spiro atoms. The highest BCUT2D eigenvalue weighted by molar-refractivity contribution is 5.97. The highest BCUT2D eigenvalue weighted by atomic mass is 16.2. The van der Waals surface area contributed by atoms with E-state index in [0.717, 1.165) is 75.4 Å². The number of carbonyl (C=O) groups is 2. The number of hydrogen-bond acceptors (Lipinski definition) is 5. The molecule has 3 amide bonds. The maximum absolute atomic E-state index is 12.8. The molecule has 4 saturated carbocycles. The Balaban J connectivity index is 1.09. The van der Waals surface area contributed by atoms with E-state index in [1.807, 2.05) is 31.3 Å². The number of carbonyl (C=O) groups excluding carboxylic acids is 2. The molecule has 1 aromatic rings. The average Bonchev–Trinajstić information content (AvgIpc) is 2.73. The molecule has 1 saturated heterocycles. The second-order valence-corrected chi connectivity index (χ2v) is 10.5. The van der Waals surface area contributed by atoms with Crippen molar-refractivity contribution in [2.75, 3.05) is 26.2 Å². The van der Waals surface area contributed by atoms with Gasteiger partial charge in [-0.2, -0.15) is 0 Å². The van der Waals surface area contributed by atoms with E-state index in [1.165, 1.54) is 19.3 Å². The molecule has 7 heteroatoms. The normalized spacial score (nSPS) is 33.8. The molecule has 1 unspecified atom stereocenters. The second kappa shape index (κ2) is 8.51. The zero-order chi connectivity index (χ0) is 21.4. The summed E-state index contributed by atoms with van der Waals surface area (Å²) >= 11 is 0. The quantitative estimate of drug-likeness (QED) is 0.757. The van der Waals surface area contributed by atoms with E-state index in [0.29, 0.717) is 0 Å². The fourth-order valence-corrected chi connectivity index (χ4v) is 6.95. The van der Waals surface area contributed by atoms with Crippen LogP contribution in [0.15, 0.2) is 24.4 Å². The van der Waals surface area contributed by atoms with E-state index in [1.54, 1.807) is 0 Å². The first-order valence-corrected chi connectivity index (χ1v) is 12.0. The SMILES string of the molecule is CC(C(=O)NC(=O)NC12CC3CC(CC(C3)C1)C2)N1CCN(Cc2ccccn2)CC1. The molecule has 4 bridgehead atoms. The topological polar surface area (TPSA) is 77.6 Å². The Hall–Kier alpha value is -1.99. The molecule has 2 heterocycles. The zero-order valence-corrected chi connectivity index (χ0v) is 18.6. The maximum Gasteiger partial charge on any atom is 0.321 e. The first kappa shape index (κ1) is 20.9. The second-order valence-electron chi connectivity index (χ2n) is 10.5. The lowest BCUT2D eigenvalue weighted by Crippen LogP contribution is -2.63. The van der Waals surface area contributed by atoms with E-state index in [9.17, 15) is 9.59 Å². The van der Waals surface area contributed by atoms with Crippen LogP contribution in [0.3, 0.4) is 0 Å². The van der Waals surface area contributed by atoms with Gasteiger partial charge in [-0.15, -0.1) is 0 Å². The van der Waals surface area contributed by atoms with Crippen LogP contribution < -0.4 is 10.6 Å². The molecule has 5 fully saturated rings. The summed E-state index contributed by atoms with van der Waals surface area (Å²) in [6.07, 6.45) is 9.12. The Kier molecular flexibility index (Phi) is 5.73. The van der Waals surface area contributed by atoms with Gasteiger partial charge in [0.25, 0.3) is 0 Å². The summed E-state index contributed by atoms with van der Waals surface area (Å²) in [5, 5.41) is 5.89. The van der Waals surface area contributed by atoms with Crippen LogP contribution in [0.1, 0.15) is 51.1 Å². The molecule has 4 aliphatic carbocycles. The van der Waals surface area contributed by atoms with Gasteiger partial charge in [-0.25, -0.2) is 4.79 Å². The standard InChI is InChI=1S/C24H35N5O2/c1-17(29-8-6-28(7-9-29)16-21-4-2-3-5-25-21)22(30)26-23(31)27-24-13-18-10-19(14-24)12-20(11-18)15-24/h2-5,17-20H,6-16H2,1H3,(H2,26,27,30,31). The third-order valence-corrected chi connectivity index (χ3v) is 8.10. The summed E-state index contributed by atoms with van der Waals surface area (Å²) in [6.45, 7) is 6.17. The Morgan fingerprint density at radius 1 is 1.06 bits per heavy atom. The lowest BCUT2D eigenvalue weighted by Gasteiger charge is -2.56. The van der Waals surface area contributed by atoms with E-state index in [-0.39, 0.29) is 23.5 Å². The van der Waals surface area contributed by atoms with Crippen LogP contribution in [0, 0.1) is 17.8 Å². The first-order chi connectivity index (χ1) is 15.0. The van der Waals surface area contributed by atoms with Crippen LogP contribution in [0.2, 0.25) is 0 Å². The lowest BCUT2D eigenvalue weighted by atomic mass is 9.53. The number of amides is 3. The van der Waals surface area contributed by atoms with Crippen molar-refractivity contribution < 1.29 is 9.59 Å². The lowest BCUT2D eigenvalue weighted by molar-refractivity contribution is -0.125. The molecule has 1 atom stereocenters. The van der Waals surface area contributed by atoms with E-state index in [2.05, 4.69) is 25.4 Å². The van der Waals surface area contributed by atoms with Gasteiger partial charge < -0.3 is 5.32 Å². The van der Waals surface area contributed by atoms with Gasteiger partial charge in [0.05, 0.1) is 11.7 Å². The van der Waals surface area contributed by atoms with Crippen LogP contribution in [-0.4, -0.2) is 64.5 Å². The number of rotatable bonds is 5. The molecule has 1 aliphatic heterocycles. The highest BCUT2D eigenvalue weighted by Gasteiger charge is 2.51. The van der Waals surface area contributed by atoms with Gasteiger partial charge in [0, 0.05) is 44.5 Å². The first-order valence-electron chi connectivity index (χ1n) is 12.0. The van der Waals surface area contributed by atoms with Crippen molar-refractivity contribution in [3.05, 3.63) is 30.1 Å². The number of hydrogen-bond donors (Lipinski definition) is 2. The number of nitrogens with zero attached hydrogens (tertiary/aromatic N) is 3. The van der Waals surface area contributed by atoms with Gasteiger partial charge in [0.2, 0.25) is 5.91 Å². The van der Waals surface area contributed by atoms with Crippen molar-refractivity contribution in [2.45, 2.75) is 63.6 Å². The summed E-state index contributed by atoms with van der Waals surface area (Å²) in [5.74, 6) is 2.11. The van der Waals surface area contributed by atoms with Gasteiger partial charge in [0.1, 0.15) is 0 Å². The Morgan fingerprint density at radius 2 is 1.71 bits per heavy atom. The van der Waals surface area contributed by atoms with E-state index in [4.69, 9.17) is 0 Å². The maximum atomic E-state index is 12.8. The minimum absolute atomic E-state index is 0.0700. The van der Waals surface area contributed by atoms with Crippen LogP contribution in [0.4, 0.5) is 4.79 Å². The molecule has 5 aliphatic rings. The van der Waals surface area contributed by atoms with Gasteiger partial charge in [-0.05, 0) is 75.3 Å². The number of urea groups is 1. The molecule has 2 N–H and O–H groups in total. The van der Waals surface area contributed by atoms with Crippen LogP contribution >= 0.6 is 0 Å². The van der Waals surface area contributed by atoms with Gasteiger partial charge in [0.15, 0.2) is 0 Å². The highest BCUT2D eigenvalue weighted by Crippen LogP contribution is 2.55. The Morgan fingerprint density at radius 3 is 2.29 bits per heavy atom. The number of nitrogens with one attached hydrogen (secondary N) is 2. The predicted molar refractivity (Wildman–Crippen MR) is 118 cm³/mol. The van der Waals surface area contributed by atoms with Crippen molar-refractivity contribution in [1.82, 2.24) is 25.4 Å². The molecule has 168 valence electrons. The van der Waals surface area contributed by atoms with Crippen LogP contribution in [-0.2, 0) is 11.3 Å². The van der Waals surface area contributed by atoms with Crippen molar-refractivity contribution >= 4 is 11.9 Å². The molecule has 1 aromatic heterocycles. The third kappa shape index (κ3) is 4.62. The fourth-order valence-electron chi connectivity index (χ4n) is 6.95. The summed E-state index contributed by atoms with van der Waals surface area (Å²) in [4.78, 5) is 34.4. The Bertz CT molecular complexity index is 770. The third-order valence-electron chi connectivity index (χ3n) is 8.10. The van der Waals surface area contributed by atoms with Gasteiger partial charge in [-0.1, -0.05) is 6.07 Å². The van der Waals surface area contributed by atoms with Crippen LogP contribution in [0.25, 0.3) is 0 Å². The average molecular weight is 426 g/mol. The summed E-state index contributed by atoms with van der Waals surface area (Å²) < 4.78 is 0. The molecular formula is C24H35N5O2. The number of pyridine rings is 1. The van der Waals surface area contributed by atoms with Crippen molar-refractivity contribution in [3.63, 3.8) is 0 Å². The van der Waals surface area contributed by atoms with Crippen molar-refractivity contribution in [3.8, 4) is 0 Å². The minimum atomic E-state index is -0.306. The summed E-state index contributed by atoms with van der Waals surface area (Å²) in [5.41, 5.74) is 1.00. The predicted octanol–water partition coefficient (Wildman–Crippen LogP) is 2.38. The number of aromatic nitrogens is 1. The van der Waals surface area contributed by atoms with Crippen molar-refractivity contribution in [2.24, 2.45) is 17.8 Å². The van der Waals surface area contributed by atoms with E-state index >= 15 is 0 Å².